The van der Waals surface area contributed by atoms with Crippen LogP contribution in [-0.2, 0) is 22.8 Å². The molecule has 8 rings (SSSR count). The largest absolute Gasteiger partial charge is 0.494 e. The number of hydrogen-bond acceptors (Lipinski definition) is 10. The number of nitrogens with zero attached hydrogens (tertiary/aromatic N) is 6. The molecule has 3 aliphatic rings. The van der Waals surface area contributed by atoms with Crippen LogP contribution in [0.15, 0.2) is 47.3 Å². The van der Waals surface area contributed by atoms with Crippen LogP contribution in [0.3, 0.4) is 0 Å². The highest BCUT2D eigenvalue weighted by atomic mass is 35.5. The zero-order chi connectivity index (χ0) is 41.7. The number of methoxy groups -OCH3 is 1. The van der Waals surface area contributed by atoms with E-state index < -0.39 is 23.8 Å². The lowest BCUT2D eigenvalue weighted by Crippen LogP contribution is -2.45. The highest BCUT2D eigenvalue weighted by molar-refractivity contribution is 7.18. The number of halogens is 4. The van der Waals surface area contributed by atoms with Crippen molar-refractivity contribution in [2.75, 3.05) is 44.0 Å². The minimum absolute atomic E-state index is 0.0834. The van der Waals surface area contributed by atoms with Crippen molar-refractivity contribution in [2.45, 2.75) is 82.0 Å². The first kappa shape index (κ1) is 41.0. The Morgan fingerprint density at radius 1 is 1.02 bits per heavy atom. The van der Waals surface area contributed by atoms with Gasteiger partial charge in [-0.25, -0.2) is 14.8 Å². The average molecular weight is 852 g/mol. The molecule has 3 fully saturated rings. The standard InChI is InChI=1S/C42H45ClF3N7O5S/c1-50(25-15-17-52(18-16-25)37-27(43)12-14-32-38(37)51(2)41(57)53(32)31-13-11-26(54)19-33(31)55)22-23-7-9-24(10-8-23)40-49-30-20-34(58-3)29(21-35(30)59-40)48-39(56)28-5-4-6-36(47-28)42(44,45)46/h4-6,12,14,20-21,23-25,31H,7-11,13,15-19,22H2,1-3H3,(H,48,56). The van der Waals surface area contributed by atoms with Gasteiger partial charge in [-0.15, -0.1) is 11.3 Å². The summed E-state index contributed by atoms with van der Waals surface area (Å²) < 4.78 is 49.1. The molecule has 3 aromatic heterocycles. The molecule has 2 aromatic carbocycles. The van der Waals surface area contributed by atoms with Crippen LogP contribution >= 0.6 is 22.9 Å². The van der Waals surface area contributed by atoms with Gasteiger partial charge in [0.15, 0.2) is 5.78 Å². The van der Waals surface area contributed by atoms with E-state index in [1.807, 2.05) is 0 Å². The molecule has 1 aliphatic heterocycles. The number of ether oxygens (including phenoxy) is 1. The molecule has 4 heterocycles. The minimum Gasteiger partial charge on any atom is -0.494 e. The summed E-state index contributed by atoms with van der Waals surface area (Å²) in [6.45, 7) is 2.53. The van der Waals surface area contributed by atoms with E-state index in [1.165, 1.54) is 13.2 Å². The Morgan fingerprint density at radius 2 is 1.76 bits per heavy atom. The van der Waals surface area contributed by atoms with Crippen LogP contribution in [0.1, 0.15) is 90.9 Å². The first-order valence-electron chi connectivity index (χ1n) is 19.9. The second-order valence-corrected chi connectivity index (χ2v) is 17.5. The number of fused-ring (bicyclic) bond motifs is 2. The van der Waals surface area contributed by atoms with Crippen LogP contribution in [0.5, 0.6) is 5.75 Å². The molecule has 0 radical (unpaired) electrons. The first-order valence-corrected chi connectivity index (χ1v) is 21.1. The smallest absolute Gasteiger partial charge is 0.433 e. The summed E-state index contributed by atoms with van der Waals surface area (Å²) in [5, 5.41) is 4.25. The predicted molar refractivity (Wildman–Crippen MR) is 221 cm³/mol. The number of alkyl halides is 3. The molecule has 312 valence electrons. The first-order chi connectivity index (χ1) is 28.2. The number of rotatable bonds is 9. The van der Waals surface area contributed by atoms with Crippen LogP contribution in [0.25, 0.3) is 21.3 Å². The predicted octanol–water partition coefficient (Wildman–Crippen LogP) is 8.02. The highest BCUT2D eigenvalue weighted by Gasteiger charge is 2.35. The topological polar surface area (TPSA) is 132 Å². The van der Waals surface area contributed by atoms with Gasteiger partial charge in [-0.1, -0.05) is 17.7 Å². The highest BCUT2D eigenvalue weighted by Crippen LogP contribution is 2.42. The van der Waals surface area contributed by atoms with Crippen molar-refractivity contribution in [3.8, 4) is 5.75 Å². The number of hydrogen-bond donors (Lipinski definition) is 1. The van der Waals surface area contributed by atoms with Gasteiger partial charge in [0.05, 0.1) is 62.2 Å². The number of thiazole rings is 1. The molecule has 12 nitrogen and oxygen atoms in total. The summed E-state index contributed by atoms with van der Waals surface area (Å²) in [6.07, 6.45) is 1.81. The minimum atomic E-state index is -4.67. The second kappa shape index (κ2) is 16.3. The number of aromatic nitrogens is 4. The van der Waals surface area contributed by atoms with E-state index in [-0.39, 0.29) is 35.8 Å². The van der Waals surface area contributed by atoms with Crippen molar-refractivity contribution in [1.29, 1.82) is 0 Å². The Bertz CT molecular complexity index is 2500. The fraction of sp³-hybridized carbons (Fsp3) is 0.476. The fourth-order valence-corrected chi connectivity index (χ4v) is 10.6. The molecule has 1 N–H and O–H groups in total. The van der Waals surface area contributed by atoms with E-state index in [4.69, 9.17) is 21.3 Å². The van der Waals surface area contributed by atoms with Crippen molar-refractivity contribution in [2.24, 2.45) is 13.0 Å². The van der Waals surface area contributed by atoms with Crippen molar-refractivity contribution in [3.05, 3.63) is 74.4 Å². The summed E-state index contributed by atoms with van der Waals surface area (Å²) in [7, 11) is 5.38. The third-order valence-electron chi connectivity index (χ3n) is 12.3. The van der Waals surface area contributed by atoms with E-state index in [9.17, 15) is 32.3 Å². The van der Waals surface area contributed by atoms with Crippen molar-refractivity contribution < 1.29 is 32.3 Å². The number of piperidine rings is 1. The maximum absolute atomic E-state index is 13.5. The number of amides is 1. The summed E-state index contributed by atoms with van der Waals surface area (Å²) >= 11 is 8.40. The molecule has 0 bridgehead atoms. The molecule has 2 saturated carbocycles. The van der Waals surface area contributed by atoms with Crippen LogP contribution in [0.2, 0.25) is 5.02 Å². The second-order valence-electron chi connectivity index (χ2n) is 16.0. The maximum Gasteiger partial charge on any atom is 0.433 e. The van der Waals surface area contributed by atoms with Gasteiger partial charge in [0.25, 0.3) is 5.91 Å². The van der Waals surface area contributed by atoms with Crippen LogP contribution < -0.4 is 20.6 Å². The zero-order valence-corrected chi connectivity index (χ0v) is 34.6. The molecule has 59 heavy (non-hydrogen) atoms. The lowest BCUT2D eigenvalue weighted by atomic mass is 9.82. The van der Waals surface area contributed by atoms with Gasteiger partial charge in [-0.2, -0.15) is 13.2 Å². The summed E-state index contributed by atoms with van der Waals surface area (Å²) in [5.41, 5.74) is 1.47. The van der Waals surface area contributed by atoms with Gasteiger partial charge in [-0.3, -0.25) is 23.5 Å². The third kappa shape index (κ3) is 8.10. The Balaban J connectivity index is 0.876. The Labute approximate surface area is 347 Å². The third-order valence-corrected chi connectivity index (χ3v) is 13.8. The Morgan fingerprint density at radius 3 is 2.46 bits per heavy atom. The van der Waals surface area contributed by atoms with Gasteiger partial charge in [0.2, 0.25) is 0 Å². The number of carbonyl (C=O) groups is 3. The lowest BCUT2D eigenvalue weighted by molar-refractivity contribution is -0.141. The number of nitrogens with one attached hydrogen (secondary N) is 1. The van der Waals surface area contributed by atoms with Crippen LogP contribution in [0.4, 0.5) is 24.5 Å². The van der Waals surface area contributed by atoms with E-state index in [0.29, 0.717) is 51.8 Å². The fourth-order valence-electron chi connectivity index (χ4n) is 9.16. The SMILES string of the molecule is COc1cc2nc(C3CCC(CN(C)C4CCN(c5c(Cl)ccc6c5n(C)c(=O)n6C5CCC(=O)CC5=O)CC4)CC3)sc2cc1NC(=O)c1cccc(C(F)(F)F)n1. The Hall–Kier alpha value is -4.80. The Kier molecular flexibility index (Phi) is 11.3. The van der Waals surface area contributed by atoms with Gasteiger partial charge in [0.1, 0.15) is 22.9 Å². The number of imidazole rings is 1. The van der Waals surface area contributed by atoms with Crippen molar-refractivity contribution in [3.63, 3.8) is 0 Å². The molecule has 1 unspecified atom stereocenters. The summed E-state index contributed by atoms with van der Waals surface area (Å²) in [6, 6.07) is 10.0. The van der Waals surface area contributed by atoms with Gasteiger partial charge in [-0.05, 0) is 88.2 Å². The van der Waals surface area contributed by atoms with E-state index in [1.54, 1.807) is 51.8 Å². The molecular weight excluding hydrogens is 807 g/mol. The van der Waals surface area contributed by atoms with E-state index >= 15 is 0 Å². The van der Waals surface area contributed by atoms with Crippen LogP contribution in [-0.4, -0.2) is 81.3 Å². The van der Waals surface area contributed by atoms with Gasteiger partial charge in [0, 0.05) is 51.1 Å². The number of benzene rings is 2. The van der Waals surface area contributed by atoms with Crippen molar-refractivity contribution in [1.82, 2.24) is 24.0 Å². The molecule has 2 aliphatic carbocycles. The van der Waals surface area contributed by atoms with Crippen LogP contribution in [0, 0.1) is 5.92 Å². The normalized spacial score (nSPS) is 20.9. The number of ketones is 2. The maximum atomic E-state index is 13.5. The molecular formula is C42H45ClF3N7O5S. The number of anilines is 2. The number of carbonyl (C=O) groups excluding carboxylic acids is 3. The van der Waals surface area contributed by atoms with Gasteiger partial charge >= 0.3 is 11.9 Å². The monoisotopic (exact) mass is 851 g/mol. The van der Waals surface area contributed by atoms with E-state index in [2.05, 4.69) is 27.1 Å². The van der Waals surface area contributed by atoms with E-state index in [0.717, 1.165) is 91.2 Å². The van der Waals surface area contributed by atoms with Crippen molar-refractivity contribution >= 4 is 73.0 Å². The quantitative estimate of drug-likeness (QED) is 0.147. The molecule has 5 aromatic rings. The summed E-state index contributed by atoms with van der Waals surface area (Å²) in [5.74, 6) is 0.118. The molecule has 1 amide bonds. The average Bonchev–Trinajstić information content (AvgIpc) is 3.74. The molecule has 1 saturated heterocycles. The lowest BCUT2D eigenvalue weighted by Gasteiger charge is -2.40. The number of Topliss-reactive ketones (excluding diaryl/α,β-unsaturated/α-hetero) is 2. The molecule has 0 spiro atoms. The number of aryl methyl sites for hydroxylation is 1. The van der Waals surface area contributed by atoms with Gasteiger partial charge < -0.3 is 19.9 Å². The number of pyridine rings is 1. The molecule has 1 atom stereocenters. The zero-order valence-electron chi connectivity index (χ0n) is 33.0. The molecule has 17 heteroatoms. The summed E-state index contributed by atoms with van der Waals surface area (Å²) in [4.78, 5) is 64.4.